The zero-order chi connectivity index (χ0) is 19.2. The van der Waals surface area contributed by atoms with Gasteiger partial charge in [-0.3, -0.25) is 4.79 Å². The molecule has 0 aromatic rings. The summed E-state index contributed by atoms with van der Waals surface area (Å²) in [5.74, 6) is -3.24. The summed E-state index contributed by atoms with van der Waals surface area (Å²) in [6.07, 6.45) is 9.49. The van der Waals surface area contributed by atoms with Crippen LogP contribution in [-0.2, 0) is 9.53 Å². The number of hydrogen-bond acceptors (Lipinski definition) is 4. The third-order valence-electron chi connectivity index (χ3n) is 5.29. The monoisotopic (exact) mass is 370 g/mol. The van der Waals surface area contributed by atoms with Crippen molar-refractivity contribution < 1.29 is 29.2 Å². The second-order valence-corrected chi connectivity index (χ2v) is 7.48. The van der Waals surface area contributed by atoms with Crippen molar-refractivity contribution in [3.05, 3.63) is 24.0 Å². The van der Waals surface area contributed by atoms with Gasteiger partial charge in [0.15, 0.2) is 0 Å². The molecule has 0 aromatic heterocycles. The molecule has 1 heterocycles. The maximum atomic E-state index is 14.5. The molecule has 0 amide bonds. The SMILES string of the molecule is CCCCCC(O)C=CC1C2CC(=CCCCC(=O)O)OC2CC1(O)F. The van der Waals surface area contributed by atoms with Gasteiger partial charge in [-0.25, -0.2) is 4.39 Å². The van der Waals surface area contributed by atoms with Crippen LogP contribution in [0.3, 0.4) is 0 Å². The van der Waals surface area contributed by atoms with Crippen molar-refractivity contribution in [2.45, 2.75) is 82.8 Å². The fourth-order valence-corrected chi connectivity index (χ4v) is 3.88. The molecule has 2 rings (SSSR count). The highest BCUT2D eigenvalue weighted by atomic mass is 19.2. The van der Waals surface area contributed by atoms with Crippen molar-refractivity contribution in [1.82, 2.24) is 0 Å². The number of aliphatic hydroxyl groups is 2. The zero-order valence-corrected chi connectivity index (χ0v) is 15.4. The van der Waals surface area contributed by atoms with Crippen LogP contribution in [0.25, 0.3) is 0 Å². The highest BCUT2D eigenvalue weighted by molar-refractivity contribution is 5.66. The van der Waals surface area contributed by atoms with Crippen LogP contribution in [0.15, 0.2) is 24.0 Å². The number of ether oxygens (including phenoxy) is 1. The molecule has 148 valence electrons. The van der Waals surface area contributed by atoms with Gasteiger partial charge < -0.3 is 20.1 Å². The molecule has 0 radical (unpaired) electrons. The standard InChI is InChI=1S/C20H31FO5/c1-2-3-4-7-14(22)10-11-17-16-12-15(8-5-6-9-19(23)24)26-18(16)13-20(17,21)25/h8,10-11,14,16-18,22,25H,2-7,9,12-13H2,1H3,(H,23,24). The second kappa shape index (κ2) is 9.51. The molecule has 3 N–H and O–H groups in total. The lowest BCUT2D eigenvalue weighted by Crippen LogP contribution is -2.29. The fraction of sp³-hybridized carbons (Fsp3) is 0.750. The lowest BCUT2D eigenvalue weighted by Gasteiger charge is -2.22. The Hall–Kier alpha value is -1.40. The van der Waals surface area contributed by atoms with Crippen LogP contribution in [0.5, 0.6) is 0 Å². The Balaban J connectivity index is 1.90. The summed E-state index contributed by atoms with van der Waals surface area (Å²) in [6, 6.07) is 0. The van der Waals surface area contributed by atoms with Crippen molar-refractivity contribution in [3.8, 4) is 0 Å². The molecule has 5 nitrogen and oxygen atoms in total. The van der Waals surface area contributed by atoms with E-state index in [9.17, 15) is 19.4 Å². The van der Waals surface area contributed by atoms with E-state index in [0.717, 1.165) is 25.0 Å². The van der Waals surface area contributed by atoms with Crippen molar-refractivity contribution in [2.24, 2.45) is 11.8 Å². The Kier molecular flexibility index (Phi) is 7.65. The van der Waals surface area contributed by atoms with Gasteiger partial charge in [-0.15, -0.1) is 0 Å². The smallest absolute Gasteiger partial charge is 0.303 e. The van der Waals surface area contributed by atoms with E-state index >= 15 is 0 Å². The Morgan fingerprint density at radius 3 is 2.88 bits per heavy atom. The first kappa shape index (κ1) is 20.9. The highest BCUT2D eigenvalue weighted by Crippen LogP contribution is 2.51. The van der Waals surface area contributed by atoms with Crippen molar-refractivity contribution in [3.63, 3.8) is 0 Å². The Morgan fingerprint density at radius 1 is 1.42 bits per heavy atom. The summed E-state index contributed by atoms with van der Waals surface area (Å²) in [4.78, 5) is 10.5. The normalized spacial score (nSPS) is 33.5. The summed E-state index contributed by atoms with van der Waals surface area (Å²) >= 11 is 0. The van der Waals surface area contributed by atoms with Crippen molar-refractivity contribution in [1.29, 1.82) is 0 Å². The van der Waals surface area contributed by atoms with Crippen LogP contribution in [0.4, 0.5) is 4.39 Å². The molecule has 0 bridgehead atoms. The second-order valence-electron chi connectivity index (χ2n) is 7.48. The van der Waals surface area contributed by atoms with E-state index in [-0.39, 0.29) is 24.9 Å². The highest BCUT2D eigenvalue weighted by Gasteiger charge is 2.56. The fourth-order valence-electron chi connectivity index (χ4n) is 3.88. The van der Waals surface area contributed by atoms with Crippen LogP contribution in [-0.4, -0.2) is 39.4 Å². The quantitative estimate of drug-likeness (QED) is 0.403. The lowest BCUT2D eigenvalue weighted by atomic mass is 9.89. The molecule has 1 aliphatic heterocycles. The number of halogens is 1. The van der Waals surface area contributed by atoms with Gasteiger partial charge in [-0.2, -0.15) is 0 Å². The average molecular weight is 370 g/mol. The number of hydrogen-bond donors (Lipinski definition) is 3. The van der Waals surface area contributed by atoms with Gasteiger partial charge in [0.2, 0.25) is 5.85 Å². The van der Waals surface area contributed by atoms with E-state index in [2.05, 4.69) is 6.92 Å². The third kappa shape index (κ3) is 5.81. The molecule has 5 atom stereocenters. The van der Waals surface area contributed by atoms with Crippen LogP contribution in [0.1, 0.15) is 64.7 Å². The minimum absolute atomic E-state index is 0.0783. The molecule has 2 fully saturated rings. The van der Waals surface area contributed by atoms with Gasteiger partial charge in [0.25, 0.3) is 0 Å². The lowest BCUT2D eigenvalue weighted by molar-refractivity contribution is -0.137. The summed E-state index contributed by atoms with van der Waals surface area (Å²) in [5.41, 5.74) is 0. The molecule has 6 heteroatoms. The minimum atomic E-state index is -2.32. The topological polar surface area (TPSA) is 87.0 Å². The number of allylic oxidation sites excluding steroid dienone is 2. The number of aliphatic hydroxyl groups excluding tert-OH is 1. The number of aliphatic carboxylic acids is 1. The summed E-state index contributed by atoms with van der Waals surface area (Å²) in [6.45, 7) is 2.09. The van der Waals surface area contributed by atoms with Crippen LogP contribution in [0, 0.1) is 11.8 Å². The largest absolute Gasteiger partial charge is 0.495 e. The molecule has 1 saturated carbocycles. The maximum absolute atomic E-state index is 14.5. The summed E-state index contributed by atoms with van der Waals surface area (Å²) < 4.78 is 20.3. The zero-order valence-electron chi connectivity index (χ0n) is 15.4. The Labute approximate surface area is 154 Å². The molecule has 2 aliphatic rings. The molecule has 1 aliphatic carbocycles. The number of rotatable bonds is 10. The van der Waals surface area contributed by atoms with Gasteiger partial charge in [0.1, 0.15) is 6.10 Å². The first-order valence-corrected chi connectivity index (χ1v) is 9.68. The van der Waals surface area contributed by atoms with Crippen LogP contribution < -0.4 is 0 Å². The minimum Gasteiger partial charge on any atom is -0.495 e. The number of fused-ring (bicyclic) bond motifs is 1. The van der Waals surface area contributed by atoms with E-state index in [1.165, 1.54) is 0 Å². The first-order valence-electron chi connectivity index (χ1n) is 9.68. The van der Waals surface area contributed by atoms with Crippen molar-refractivity contribution >= 4 is 5.97 Å². The molecule has 26 heavy (non-hydrogen) atoms. The average Bonchev–Trinajstić information content (AvgIpc) is 3.03. The summed E-state index contributed by atoms with van der Waals surface area (Å²) in [7, 11) is 0. The number of carbonyl (C=O) groups is 1. The molecule has 5 unspecified atom stereocenters. The van der Waals surface area contributed by atoms with Crippen LogP contribution in [0.2, 0.25) is 0 Å². The summed E-state index contributed by atoms with van der Waals surface area (Å²) in [5, 5.41) is 28.7. The van der Waals surface area contributed by atoms with Gasteiger partial charge >= 0.3 is 5.97 Å². The van der Waals surface area contributed by atoms with E-state index in [4.69, 9.17) is 9.84 Å². The van der Waals surface area contributed by atoms with E-state index in [1.54, 1.807) is 12.2 Å². The van der Waals surface area contributed by atoms with Crippen LogP contribution >= 0.6 is 0 Å². The van der Waals surface area contributed by atoms with Gasteiger partial charge in [0.05, 0.1) is 11.9 Å². The maximum Gasteiger partial charge on any atom is 0.303 e. The predicted molar refractivity (Wildman–Crippen MR) is 96.0 cm³/mol. The van der Waals surface area contributed by atoms with Crippen molar-refractivity contribution in [2.75, 3.05) is 0 Å². The Morgan fingerprint density at radius 2 is 2.19 bits per heavy atom. The number of carboxylic acids is 1. The molecular weight excluding hydrogens is 339 g/mol. The van der Waals surface area contributed by atoms with Gasteiger partial charge in [-0.1, -0.05) is 38.3 Å². The number of unbranched alkanes of at least 4 members (excludes halogenated alkanes) is 3. The van der Waals surface area contributed by atoms with E-state index in [0.29, 0.717) is 25.7 Å². The first-order chi connectivity index (χ1) is 12.3. The molecular formula is C20H31FO5. The Bertz CT molecular complexity index is 528. The van der Waals surface area contributed by atoms with Gasteiger partial charge in [-0.05, 0) is 25.3 Å². The third-order valence-corrected chi connectivity index (χ3v) is 5.29. The number of carboxylic acid groups (broad SMARTS) is 1. The molecule has 1 saturated heterocycles. The van der Waals surface area contributed by atoms with E-state index < -0.39 is 23.8 Å². The predicted octanol–water partition coefficient (Wildman–Crippen LogP) is 3.71. The van der Waals surface area contributed by atoms with Gasteiger partial charge in [0, 0.05) is 31.1 Å². The molecule has 0 spiro atoms. The van der Waals surface area contributed by atoms with E-state index in [1.807, 2.05) is 6.08 Å². The molecule has 0 aromatic carbocycles. The number of alkyl halides is 1.